The second-order valence-corrected chi connectivity index (χ2v) is 5.93. The standard InChI is InChI=1S/C15H21NO3S/c1-20-7-5-13(10-17)16-15(18)9-11-2-3-14-12(8-11)4-6-19-14/h2-3,8,13,17H,4-7,9-10H2,1H3,(H,16,18). The Kier molecular flexibility index (Phi) is 5.73. The summed E-state index contributed by atoms with van der Waals surface area (Å²) in [6, 6.07) is 5.76. The van der Waals surface area contributed by atoms with Crippen molar-refractivity contribution in [1.29, 1.82) is 0 Å². The lowest BCUT2D eigenvalue weighted by Gasteiger charge is -2.15. The summed E-state index contributed by atoms with van der Waals surface area (Å²) in [6.45, 7) is 0.719. The molecule has 5 heteroatoms. The molecule has 1 aliphatic rings. The molecule has 2 rings (SSSR count). The first-order valence-electron chi connectivity index (χ1n) is 6.86. The average molecular weight is 295 g/mol. The zero-order valence-corrected chi connectivity index (χ0v) is 12.5. The SMILES string of the molecule is CSCCC(CO)NC(=O)Cc1ccc2c(c1)CCO2. The van der Waals surface area contributed by atoms with Crippen LogP contribution < -0.4 is 10.1 Å². The van der Waals surface area contributed by atoms with E-state index in [4.69, 9.17) is 4.74 Å². The highest BCUT2D eigenvalue weighted by atomic mass is 32.2. The summed E-state index contributed by atoms with van der Waals surface area (Å²) in [5.74, 6) is 1.83. The average Bonchev–Trinajstić information content (AvgIpc) is 2.90. The van der Waals surface area contributed by atoms with Gasteiger partial charge in [0.15, 0.2) is 0 Å². The number of ether oxygens (including phenoxy) is 1. The summed E-state index contributed by atoms with van der Waals surface area (Å²) >= 11 is 1.71. The Morgan fingerprint density at radius 3 is 3.15 bits per heavy atom. The Bertz CT molecular complexity index is 464. The Labute approximate surface area is 123 Å². The fourth-order valence-electron chi connectivity index (χ4n) is 2.28. The lowest BCUT2D eigenvalue weighted by molar-refractivity contribution is -0.121. The molecule has 2 N–H and O–H groups in total. The molecule has 0 fully saturated rings. The normalized spacial score (nSPS) is 14.5. The number of hydrogen-bond donors (Lipinski definition) is 2. The van der Waals surface area contributed by atoms with Gasteiger partial charge in [-0.25, -0.2) is 0 Å². The highest BCUT2D eigenvalue weighted by molar-refractivity contribution is 7.98. The monoisotopic (exact) mass is 295 g/mol. The smallest absolute Gasteiger partial charge is 0.224 e. The molecule has 0 aromatic heterocycles. The van der Waals surface area contributed by atoms with Crippen molar-refractivity contribution in [3.05, 3.63) is 29.3 Å². The van der Waals surface area contributed by atoms with E-state index >= 15 is 0 Å². The molecule has 0 bridgehead atoms. The molecular formula is C15H21NO3S. The Hall–Kier alpha value is -1.20. The van der Waals surface area contributed by atoms with Crippen LogP contribution in [-0.4, -0.2) is 42.3 Å². The summed E-state index contributed by atoms with van der Waals surface area (Å²) in [6.07, 6.45) is 4.07. The fraction of sp³-hybridized carbons (Fsp3) is 0.533. The van der Waals surface area contributed by atoms with Gasteiger partial charge in [0.2, 0.25) is 5.91 Å². The lowest BCUT2D eigenvalue weighted by atomic mass is 10.1. The molecule has 0 spiro atoms. The third-order valence-corrected chi connectivity index (χ3v) is 4.02. The Balaban J connectivity index is 1.87. The third-order valence-electron chi connectivity index (χ3n) is 3.37. The van der Waals surface area contributed by atoms with Gasteiger partial charge in [-0.15, -0.1) is 0 Å². The van der Waals surface area contributed by atoms with E-state index in [0.29, 0.717) is 6.42 Å². The Morgan fingerprint density at radius 1 is 1.55 bits per heavy atom. The van der Waals surface area contributed by atoms with E-state index in [-0.39, 0.29) is 18.6 Å². The van der Waals surface area contributed by atoms with E-state index in [1.54, 1.807) is 11.8 Å². The van der Waals surface area contributed by atoms with Crippen LogP contribution in [0, 0.1) is 0 Å². The van der Waals surface area contributed by atoms with Gasteiger partial charge in [-0.2, -0.15) is 11.8 Å². The summed E-state index contributed by atoms with van der Waals surface area (Å²) < 4.78 is 5.45. The second-order valence-electron chi connectivity index (χ2n) is 4.95. The summed E-state index contributed by atoms with van der Waals surface area (Å²) in [5.41, 5.74) is 2.17. The van der Waals surface area contributed by atoms with Crippen molar-refractivity contribution in [1.82, 2.24) is 5.32 Å². The maximum absolute atomic E-state index is 12.0. The number of rotatable bonds is 7. The van der Waals surface area contributed by atoms with Crippen molar-refractivity contribution >= 4 is 17.7 Å². The van der Waals surface area contributed by atoms with Gasteiger partial charge in [-0.05, 0) is 35.6 Å². The van der Waals surface area contributed by atoms with Crippen LogP contribution in [0.3, 0.4) is 0 Å². The van der Waals surface area contributed by atoms with Gasteiger partial charge in [-0.3, -0.25) is 4.79 Å². The molecule has 1 amide bonds. The van der Waals surface area contributed by atoms with Crippen LogP contribution in [0.25, 0.3) is 0 Å². The van der Waals surface area contributed by atoms with E-state index in [1.807, 2.05) is 24.5 Å². The first kappa shape index (κ1) is 15.2. The zero-order valence-electron chi connectivity index (χ0n) is 11.7. The molecule has 0 saturated heterocycles. The minimum Gasteiger partial charge on any atom is -0.493 e. The van der Waals surface area contributed by atoms with Gasteiger partial charge < -0.3 is 15.2 Å². The summed E-state index contributed by atoms with van der Waals surface area (Å²) in [7, 11) is 0. The number of nitrogens with one attached hydrogen (secondary N) is 1. The molecule has 1 aromatic carbocycles. The first-order valence-corrected chi connectivity index (χ1v) is 8.26. The fourth-order valence-corrected chi connectivity index (χ4v) is 2.80. The zero-order chi connectivity index (χ0) is 14.4. The van der Waals surface area contributed by atoms with E-state index in [0.717, 1.165) is 36.5 Å². The number of amides is 1. The molecule has 0 aliphatic carbocycles. The van der Waals surface area contributed by atoms with Gasteiger partial charge in [0.1, 0.15) is 5.75 Å². The molecule has 20 heavy (non-hydrogen) atoms. The third kappa shape index (κ3) is 4.15. The number of fused-ring (bicyclic) bond motifs is 1. The molecule has 0 radical (unpaired) electrons. The van der Waals surface area contributed by atoms with Crippen molar-refractivity contribution in [2.24, 2.45) is 0 Å². The van der Waals surface area contributed by atoms with Crippen LogP contribution in [0.2, 0.25) is 0 Å². The summed E-state index contributed by atoms with van der Waals surface area (Å²) in [5, 5.41) is 12.1. The Morgan fingerprint density at radius 2 is 2.40 bits per heavy atom. The molecule has 110 valence electrons. The van der Waals surface area contributed by atoms with E-state index in [2.05, 4.69) is 5.32 Å². The first-order chi connectivity index (χ1) is 9.72. The lowest BCUT2D eigenvalue weighted by Crippen LogP contribution is -2.38. The van der Waals surface area contributed by atoms with Crippen LogP contribution in [0.5, 0.6) is 5.75 Å². The van der Waals surface area contributed by atoms with E-state index < -0.39 is 0 Å². The topological polar surface area (TPSA) is 58.6 Å². The predicted molar refractivity (Wildman–Crippen MR) is 81.4 cm³/mol. The molecule has 1 aliphatic heterocycles. The number of aliphatic hydroxyl groups excluding tert-OH is 1. The van der Waals surface area contributed by atoms with Crippen molar-refractivity contribution in [3.8, 4) is 5.75 Å². The molecular weight excluding hydrogens is 274 g/mol. The van der Waals surface area contributed by atoms with E-state index in [9.17, 15) is 9.90 Å². The maximum Gasteiger partial charge on any atom is 0.224 e. The van der Waals surface area contributed by atoms with Gasteiger partial charge >= 0.3 is 0 Å². The van der Waals surface area contributed by atoms with Crippen molar-refractivity contribution in [2.75, 3.05) is 25.2 Å². The van der Waals surface area contributed by atoms with Gasteiger partial charge in [0.25, 0.3) is 0 Å². The molecule has 1 unspecified atom stereocenters. The number of thioether (sulfide) groups is 1. The van der Waals surface area contributed by atoms with Crippen LogP contribution in [0.15, 0.2) is 18.2 Å². The largest absolute Gasteiger partial charge is 0.493 e. The highest BCUT2D eigenvalue weighted by Crippen LogP contribution is 2.25. The molecule has 1 heterocycles. The molecule has 1 atom stereocenters. The van der Waals surface area contributed by atoms with Gasteiger partial charge in [-0.1, -0.05) is 12.1 Å². The van der Waals surface area contributed by atoms with Crippen molar-refractivity contribution < 1.29 is 14.6 Å². The number of carbonyl (C=O) groups excluding carboxylic acids is 1. The van der Waals surface area contributed by atoms with Gasteiger partial charge in [0.05, 0.1) is 25.7 Å². The van der Waals surface area contributed by atoms with Gasteiger partial charge in [0, 0.05) is 6.42 Å². The second kappa shape index (κ2) is 7.55. The molecule has 1 aromatic rings. The van der Waals surface area contributed by atoms with E-state index in [1.165, 1.54) is 5.56 Å². The van der Waals surface area contributed by atoms with Crippen molar-refractivity contribution in [3.63, 3.8) is 0 Å². The highest BCUT2D eigenvalue weighted by Gasteiger charge is 2.15. The maximum atomic E-state index is 12.0. The minimum absolute atomic E-state index is 0.00960. The van der Waals surface area contributed by atoms with Crippen LogP contribution in [0.4, 0.5) is 0 Å². The van der Waals surface area contributed by atoms with Crippen LogP contribution in [0.1, 0.15) is 17.5 Å². The number of hydrogen-bond acceptors (Lipinski definition) is 4. The van der Waals surface area contributed by atoms with Crippen molar-refractivity contribution in [2.45, 2.75) is 25.3 Å². The van der Waals surface area contributed by atoms with Crippen LogP contribution in [-0.2, 0) is 17.6 Å². The number of aliphatic hydroxyl groups is 1. The number of benzene rings is 1. The molecule has 4 nitrogen and oxygen atoms in total. The predicted octanol–water partition coefficient (Wildman–Crippen LogP) is 1.39. The quantitative estimate of drug-likeness (QED) is 0.798. The summed E-state index contributed by atoms with van der Waals surface area (Å²) in [4.78, 5) is 12.0. The minimum atomic E-state index is -0.146. The molecule has 0 saturated carbocycles. The number of carbonyl (C=O) groups is 1. The van der Waals surface area contributed by atoms with Crippen LogP contribution >= 0.6 is 11.8 Å².